The summed E-state index contributed by atoms with van der Waals surface area (Å²) in [6.45, 7) is 2.84. The lowest BCUT2D eigenvalue weighted by Crippen LogP contribution is -2.38. The molecule has 0 amide bonds. The molecule has 0 spiro atoms. The van der Waals surface area contributed by atoms with Gasteiger partial charge in [0.05, 0.1) is 16.8 Å². The third-order valence-electron chi connectivity index (χ3n) is 4.25. The summed E-state index contributed by atoms with van der Waals surface area (Å²) >= 11 is 1.65. The highest BCUT2D eigenvalue weighted by Crippen LogP contribution is 2.31. The molecule has 0 bridgehead atoms. The summed E-state index contributed by atoms with van der Waals surface area (Å²) in [6, 6.07) is 12.6. The fraction of sp³-hybridized carbons (Fsp3) is 0.333. The molecule has 1 fully saturated rings. The first kappa shape index (κ1) is 15.2. The quantitative estimate of drug-likeness (QED) is 0.562. The molecule has 24 heavy (non-hydrogen) atoms. The predicted octanol–water partition coefficient (Wildman–Crippen LogP) is 3.63. The van der Waals surface area contributed by atoms with Gasteiger partial charge in [0, 0.05) is 13.1 Å². The van der Waals surface area contributed by atoms with Crippen molar-refractivity contribution in [2.24, 2.45) is 10.9 Å². The van der Waals surface area contributed by atoms with E-state index in [9.17, 15) is 0 Å². The molecule has 2 heterocycles. The minimum absolute atomic E-state index is 0.547. The van der Waals surface area contributed by atoms with Crippen LogP contribution >= 0.6 is 11.3 Å². The van der Waals surface area contributed by atoms with Crippen molar-refractivity contribution in [3.8, 4) is 10.8 Å². The van der Waals surface area contributed by atoms with Crippen LogP contribution in [0, 0.1) is 5.92 Å². The van der Waals surface area contributed by atoms with E-state index in [0.29, 0.717) is 12.6 Å². The highest BCUT2D eigenvalue weighted by Gasteiger charge is 2.33. The zero-order chi connectivity index (χ0) is 16.5. The molecule has 2 atom stereocenters. The fourth-order valence-corrected chi connectivity index (χ4v) is 3.56. The van der Waals surface area contributed by atoms with Crippen LogP contribution in [-0.4, -0.2) is 24.0 Å². The third-order valence-corrected chi connectivity index (χ3v) is 5.30. The van der Waals surface area contributed by atoms with Crippen molar-refractivity contribution >= 4 is 27.5 Å². The van der Waals surface area contributed by atoms with Gasteiger partial charge >= 0.3 is 0 Å². The molecule has 1 aliphatic carbocycles. The smallest absolute Gasteiger partial charge is 0.191 e. The molecule has 3 aromatic rings. The van der Waals surface area contributed by atoms with Gasteiger partial charge in [0.2, 0.25) is 0 Å². The van der Waals surface area contributed by atoms with Crippen molar-refractivity contribution in [1.82, 2.24) is 15.6 Å². The number of furan rings is 1. The summed E-state index contributed by atoms with van der Waals surface area (Å²) in [5.41, 5.74) is 1.01. The molecule has 1 aromatic carbocycles. The molecule has 1 aliphatic rings. The van der Waals surface area contributed by atoms with Crippen molar-refractivity contribution in [1.29, 1.82) is 0 Å². The summed E-state index contributed by atoms with van der Waals surface area (Å²) in [6.07, 6.45) is 1.21. The van der Waals surface area contributed by atoms with Crippen molar-refractivity contribution in [3.63, 3.8) is 0 Å². The van der Waals surface area contributed by atoms with Crippen LogP contribution in [0.4, 0.5) is 0 Å². The van der Waals surface area contributed by atoms with Crippen LogP contribution < -0.4 is 10.6 Å². The molecule has 0 aliphatic heterocycles. The first-order valence-electron chi connectivity index (χ1n) is 8.15. The van der Waals surface area contributed by atoms with E-state index in [0.717, 1.165) is 33.9 Å². The van der Waals surface area contributed by atoms with Crippen LogP contribution in [0.1, 0.15) is 19.1 Å². The second-order valence-corrected chi connectivity index (χ2v) is 7.17. The van der Waals surface area contributed by atoms with Gasteiger partial charge in [0.15, 0.2) is 16.7 Å². The number of hydrogen-bond donors (Lipinski definition) is 2. The topological polar surface area (TPSA) is 62.5 Å². The number of aliphatic imine (C=N–C) groups is 1. The van der Waals surface area contributed by atoms with Gasteiger partial charge in [-0.05, 0) is 36.6 Å². The fourth-order valence-electron chi connectivity index (χ4n) is 2.63. The molecular formula is C18H20N4OS. The molecule has 4 rings (SSSR count). The number of guanidine groups is 1. The molecule has 0 radical (unpaired) electrons. The Labute approximate surface area is 144 Å². The number of nitrogens with one attached hydrogen (secondary N) is 2. The minimum Gasteiger partial charge on any atom is -0.457 e. The standard InChI is InChI=1S/C18H20N4OS/c1-11-9-14(11)22-18(19-2)20-10-12-7-8-15(23-12)17-21-13-5-3-4-6-16(13)24-17/h3-8,11,14H,9-10H2,1-2H3,(H2,19,20,22). The van der Waals surface area contributed by atoms with E-state index in [1.165, 1.54) is 11.1 Å². The summed E-state index contributed by atoms with van der Waals surface area (Å²) in [4.78, 5) is 8.89. The maximum absolute atomic E-state index is 5.94. The zero-order valence-corrected chi connectivity index (χ0v) is 14.6. The van der Waals surface area contributed by atoms with E-state index in [1.807, 2.05) is 30.3 Å². The Morgan fingerprint density at radius 3 is 2.92 bits per heavy atom. The van der Waals surface area contributed by atoms with E-state index in [4.69, 9.17) is 4.42 Å². The normalized spacial score (nSPS) is 20.3. The van der Waals surface area contributed by atoms with Crippen LogP contribution in [0.2, 0.25) is 0 Å². The molecule has 124 valence electrons. The minimum atomic E-state index is 0.547. The van der Waals surface area contributed by atoms with Crippen LogP contribution in [0.5, 0.6) is 0 Å². The van der Waals surface area contributed by atoms with Gasteiger partial charge in [-0.25, -0.2) is 4.98 Å². The SMILES string of the molecule is CN=C(NCc1ccc(-c2nc3ccccc3s2)o1)NC1CC1C. The monoisotopic (exact) mass is 340 g/mol. The molecule has 2 aromatic heterocycles. The van der Waals surface area contributed by atoms with Crippen molar-refractivity contribution in [2.75, 3.05) is 7.05 Å². The largest absolute Gasteiger partial charge is 0.457 e. The zero-order valence-electron chi connectivity index (χ0n) is 13.7. The van der Waals surface area contributed by atoms with Gasteiger partial charge in [-0.15, -0.1) is 11.3 Å². The Bertz CT molecular complexity index is 849. The van der Waals surface area contributed by atoms with Crippen LogP contribution in [0.3, 0.4) is 0 Å². The van der Waals surface area contributed by atoms with Gasteiger partial charge in [-0.2, -0.15) is 0 Å². The molecule has 2 N–H and O–H groups in total. The van der Waals surface area contributed by atoms with E-state index in [-0.39, 0.29) is 0 Å². The van der Waals surface area contributed by atoms with Gasteiger partial charge in [-0.1, -0.05) is 19.1 Å². The first-order valence-corrected chi connectivity index (χ1v) is 8.96. The van der Waals surface area contributed by atoms with E-state index < -0.39 is 0 Å². The van der Waals surface area contributed by atoms with Gasteiger partial charge in [0.25, 0.3) is 0 Å². The number of benzene rings is 1. The van der Waals surface area contributed by atoms with Crippen LogP contribution in [0.25, 0.3) is 21.0 Å². The molecule has 6 heteroatoms. The Morgan fingerprint density at radius 1 is 1.33 bits per heavy atom. The van der Waals surface area contributed by atoms with Crippen molar-refractivity contribution in [2.45, 2.75) is 25.9 Å². The lowest BCUT2D eigenvalue weighted by molar-refractivity contribution is 0.513. The Balaban J connectivity index is 1.42. The summed E-state index contributed by atoms with van der Waals surface area (Å²) in [5.74, 6) is 3.24. The summed E-state index contributed by atoms with van der Waals surface area (Å²) < 4.78 is 7.11. The van der Waals surface area contributed by atoms with E-state index >= 15 is 0 Å². The van der Waals surface area contributed by atoms with Crippen molar-refractivity contribution < 1.29 is 4.42 Å². The van der Waals surface area contributed by atoms with Crippen molar-refractivity contribution in [3.05, 3.63) is 42.2 Å². The number of thiazole rings is 1. The molecule has 0 saturated heterocycles. The lowest BCUT2D eigenvalue weighted by Gasteiger charge is -2.10. The molecule has 5 nitrogen and oxygen atoms in total. The summed E-state index contributed by atoms with van der Waals surface area (Å²) in [5, 5.41) is 7.61. The van der Waals surface area contributed by atoms with Crippen LogP contribution in [-0.2, 0) is 6.54 Å². The first-order chi connectivity index (χ1) is 11.7. The van der Waals surface area contributed by atoms with Crippen LogP contribution in [0.15, 0.2) is 45.8 Å². The number of para-hydroxylation sites is 1. The molecular weight excluding hydrogens is 320 g/mol. The van der Waals surface area contributed by atoms with Gasteiger partial charge in [0.1, 0.15) is 5.76 Å². The number of hydrogen-bond acceptors (Lipinski definition) is 4. The average molecular weight is 340 g/mol. The summed E-state index contributed by atoms with van der Waals surface area (Å²) in [7, 11) is 1.79. The van der Waals surface area contributed by atoms with Gasteiger partial charge in [-0.3, -0.25) is 4.99 Å². The van der Waals surface area contributed by atoms with Gasteiger partial charge < -0.3 is 15.1 Å². The number of rotatable bonds is 4. The number of aromatic nitrogens is 1. The molecule has 1 saturated carbocycles. The Hall–Kier alpha value is -2.34. The lowest BCUT2D eigenvalue weighted by atomic mass is 10.3. The predicted molar refractivity (Wildman–Crippen MR) is 98.2 cm³/mol. The molecule has 2 unspecified atom stereocenters. The second kappa shape index (κ2) is 6.28. The number of fused-ring (bicyclic) bond motifs is 1. The third kappa shape index (κ3) is 3.14. The maximum Gasteiger partial charge on any atom is 0.191 e. The Kier molecular flexibility index (Phi) is 3.98. The highest BCUT2D eigenvalue weighted by atomic mass is 32.1. The highest BCUT2D eigenvalue weighted by molar-refractivity contribution is 7.21. The second-order valence-electron chi connectivity index (χ2n) is 6.14. The number of nitrogens with zero attached hydrogens (tertiary/aromatic N) is 2. The van der Waals surface area contributed by atoms with E-state index in [2.05, 4.69) is 33.6 Å². The average Bonchev–Trinajstić information content (AvgIpc) is 3.02. The van der Waals surface area contributed by atoms with E-state index in [1.54, 1.807) is 18.4 Å². The maximum atomic E-state index is 5.94. The Morgan fingerprint density at radius 2 is 2.17 bits per heavy atom.